The molecule has 0 saturated carbocycles. The van der Waals surface area contributed by atoms with Crippen LogP contribution in [0.1, 0.15) is 11.6 Å². The Morgan fingerprint density at radius 2 is 2.05 bits per heavy atom. The summed E-state index contributed by atoms with van der Waals surface area (Å²) in [4.78, 5) is 1.49. The average Bonchev–Trinajstić information content (AvgIpc) is 2.50. The molecule has 1 heterocycles. The van der Waals surface area contributed by atoms with Crippen molar-refractivity contribution < 1.29 is 23.0 Å². The molecule has 2 N–H and O–H groups in total. The SMILES string of the molecule is COc1ccc(F)c([C@H](N2CCNCC2)C(F)(F)CO)c1. The molecule has 1 aromatic rings. The van der Waals surface area contributed by atoms with Crippen molar-refractivity contribution in [2.45, 2.75) is 12.0 Å². The van der Waals surface area contributed by atoms with E-state index in [4.69, 9.17) is 9.84 Å². The quantitative estimate of drug-likeness (QED) is 0.863. The van der Waals surface area contributed by atoms with E-state index >= 15 is 0 Å². The molecule has 0 unspecified atom stereocenters. The van der Waals surface area contributed by atoms with Crippen LogP contribution < -0.4 is 10.1 Å². The summed E-state index contributed by atoms with van der Waals surface area (Å²) in [6.07, 6.45) is 0. The molecular formula is C14H19F3N2O2. The highest BCUT2D eigenvalue weighted by Gasteiger charge is 2.45. The van der Waals surface area contributed by atoms with Crippen molar-refractivity contribution in [2.75, 3.05) is 39.9 Å². The number of halogens is 3. The Morgan fingerprint density at radius 1 is 1.38 bits per heavy atom. The fraction of sp³-hybridized carbons (Fsp3) is 0.571. The van der Waals surface area contributed by atoms with Gasteiger partial charge >= 0.3 is 0 Å². The number of alkyl halides is 2. The Balaban J connectivity index is 2.43. The predicted molar refractivity (Wildman–Crippen MR) is 72.2 cm³/mol. The molecule has 0 amide bonds. The van der Waals surface area contributed by atoms with Crippen LogP contribution in [0.2, 0.25) is 0 Å². The van der Waals surface area contributed by atoms with Gasteiger partial charge in [-0.25, -0.2) is 13.2 Å². The van der Waals surface area contributed by atoms with Gasteiger partial charge in [-0.15, -0.1) is 0 Å². The van der Waals surface area contributed by atoms with E-state index in [1.165, 1.54) is 24.1 Å². The summed E-state index contributed by atoms with van der Waals surface area (Å²) in [5.74, 6) is -3.86. The molecule has 1 aromatic carbocycles. The van der Waals surface area contributed by atoms with Crippen molar-refractivity contribution in [1.82, 2.24) is 10.2 Å². The highest BCUT2D eigenvalue weighted by molar-refractivity contribution is 5.33. The van der Waals surface area contributed by atoms with Crippen molar-refractivity contribution in [3.05, 3.63) is 29.6 Å². The number of aliphatic hydroxyl groups is 1. The number of nitrogens with one attached hydrogen (secondary N) is 1. The van der Waals surface area contributed by atoms with Gasteiger partial charge in [-0.2, -0.15) is 0 Å². The summed E-state index contributed by atoms with van der Waals surface area (Å²) in [6.45, 7) is 0.471. The van der Waals surface area contributed by atoms with E-state index < -0.39 is 24.4 Å². The van der Waals surface area contributed by atoms with Crippen molar-refractivity contribution in [1.29, 1.82) is 0 Å². The zero-order valence-corrected chi connectivity index (χ0v) is 11.8. The molecule has 0 bridgehead atoms. The molecule has 1 fully saturated rings. The van der Waals surface area contributed by atoms with Gasteiger partial charge in [-0.1, -0.05) is 0 Å². The van der Waals surface area contributed by atoms with Gasteiger partial charge in [-0.05, 0) is 18.2 Å². The van der Waals surface area contributed by atoms with Gasteiger partial charge in [0.15, 0.2) is 0 Å². The number of hydrogen-bond acceptors (Lipinski definition) is 4. The van der Waals surface area contributed by atoms with Crippen molar-refractivity contribution in [2.24, 2.45) is 0 Å². The number of ether oxygens (including phenoxy) is 1. The molecule has 1 aliphatic rings. The molecule has 2 rings (SSSR count). The van der Waals surface area contributed by atoms with Crippen LogP contribution in [0.4, 0.5) is 13.2 Å². The summed E-state index contributed by atoms with van der Waals surface area (Å²) in [7, 11) is 1.39. The van der Waals surface area contributed by atoms with Gasteiger partial charge < -0.3 is 15.2 Å². The molecule has 0 aromatic heterocycles. The maximum Gasteiger partial charge on any atom is 0.290 e. The summed E-state index contributed by atoms with van der Waals surface area (Å²) in [6, 6.07) is 2.24. The van der Waals surface area contributed by atoms with Crippen LogP contribution in [-0.2, 0) is 0 Å². The van der Waals surface area contributed by atoms with E-state index in [9.17, 15) is 13.2 Å². The Labute approximate surface area is 121 Å². The third kappa shape index (κ3) is 3.48. The minimum Gasteiger partial charge on any atom is -0.497 e. The van der Waals surface area contributed by atoms with Crippen LogP contribution in [0.15, 0.2) is 18.2 Å². The van der Waals surface area contributed by atoms with Gasteiger partial charge in [0.05, 0.1) is 7.11 Å². The molecule has 1 aliphatic heterocycles. The highest BCUT2D eigenvalue weighted by Crippen LogP contribution is 2.38. The third-order valence-electron chi connectivity index (χ3n) is 3.63. The van der Waals surface area contributed by atoms with E-state index in [2.05, 4.69) is 5.32 Å². The summed E-state index contributed by atoms with van der Waals surface area (Å²) in [5, 5.41) is 12.1. The Morgan fingerprint density at radius 3 is 2.62 bits per heavy atom. The van der Waals surface area contributed by atoms with Gasteiger partial charge in [0, 0.05) is 31.7 Å². The molecule has 118 valence electrons. The van der Waals surface area contributed by atoms with Gasteiger partial charge in [-0.3, -0.25) is 4.90 Å². The lowest BCUT2D eigenvalue weighted by molar-refractivity contribution is -0.119. The summed E-state index contributed by atoms with van der Waals surface area (Å²) < 4.78 is 47.4. The first-order valence-electron chi connectivity index (χ1n) is 6.76. The number of piperazine rings is 1. The number of rotatable bonds is 5. The highest BCUT2D eigenvalue weighted by atomic mass is 19.3. The zero-order valence-electron chi connectivity index (χ0n) is 11.8. The van der Waals surface area contributed by atoms with E-state index in [0.29, 0.717) is 31.9 Å². The first-order chi connectivity index (χ1) is 9.99. The number of benzene rings is 1. The fourth-order valence-electron chi connectivity index (χ4n) is 2.58. The monoisotopic (exact) mass is 304 g/mol. The lowest BCUT2D eigenvalue weighted by Gasteiger charge is -2.38. The van der Waals surface area contributed by atoms with Crippen LogP contribution in [-0.4, -0.2) is 55.8 Å². The standard InChI is InChI=1S/C14H19F3N2O2/c1-21-10-2-3-12(15)11(8-10)13(14(16,17)9-20)19-6-4-18-5-7-19/h2-3,8,13,18,20H,4-7,9H2,1H3/t13-/m0/s1. The van der Waals surface area contributed by atoms with E-state index in [0.717, 1.165) is 6.07 Å². The molecular weight excluding hydrogens is 285 g/mol. The molecule has 7 heteroatoms. The topological polar surface area (TPSA) is 44.7 Å². The van der Waals surface area contributed by atoms with Crippen molar-refractivity contribution in [3.8, 4) is 5.75 Å². The molecule has 0 aliphatic carbocycles. The first-order valence-corrected chi connectivity index (χ1v) is 6.76. The van der Waals surface area contributed by atoms with Crippen LogP contribution in [0.5, 0.6) is 5.75 Å². The van der Waals surface area contributed by atoms with Crippen LogP contribution >= 0.6 is 0 Å². The maximum absolute atomic E-state index is 14.2. The van der Waals surface area contributed by atoms with E-state index in [-0.39, 0.29) is 5.56 Å². The Kier molecular flexibility index (Phi) is 5.08. The second-order valence-corrected chi connectivity index (χ2v) is 5.00. The molecule has 21 heavy (non-hydrogen) atoms. The predicted octanol–water partition coefficient (Wildman–Crippen LogP) is 1.41. The smallest absolute Gasteiger partial charge is 0.290 e. The first kappa shape index (κ1) is 16.1. The third-order valence-corrected chi connectivity index (χ3v) is 3.63. The Bertz CT molecular complexity index is 479. The minimum atomic E-state index is -3.44. The largest absolute Gasteiger partial charge is 0.497 e. The number of aliphatic hydroxyl groups excluding tert-OH is 1. The van der Waals surface area contributed by atoms with Crippen LogP contribution in [0.25, 0.3) is 0 Å². The van der Waals surface area contributed by atoms with Gasteiger partial charge in [0.2, 0.25) is 0 Å². The second-order valence-electron chi connectivity index (χ2n) is 5.00. The van der Waals surface area contributed by atoms with Crippen molar-refractivity contribution in [3.63, 3.8) is 0 Å². The van der Waals surface area contributed by atoms with Gasteiger partial charge in [0.1, 0.15) is 24.2 Å². The summed E-state index contributed by atoms with van der Waals surface area (Å²) in [5.41, 5.74) is -0.157. The zero-order chi connectivity index (χ0) is 15.5. The normalized spacial score (nSPS) is 18.5. The van der Waals surface area contributed by atoms with E-state index in [1.807, 2.05) is 0 Å². The average molecular weight is 304 g/mol. The maximum atomic E-state index is 14.2. The van der Waals surface area contributed by atoms with E-state index in [1.54, 1.807) is 0 Å². The number of nitrogens with zero attached hydrogens (tertiary/aromatic N) is 1. The minimum absolute atomic E-state index is 0.157. The number of hydrogen-bond donors (Lipinski definition) is 2. The molecule has 1 saturated heterocycles. The summed E-state index contributed by atoms with van der Waals surface area (Å²) >= 11 is 0. The Hall–Kier alpha value is -1.31. The van der Waals surface area contributed by atoms with Gasteiger partial charge in [0.25, 0.3) is 5.92 Å². The molecule has 4 nitrogen and oxygen atoms in total. The number of methoxy groups -OCH3 is 1. The fourth-order valence-corrected chi connectivity index (χ4v) is 2.58. The second kappa shape index (κ2) is 6.64. The lowest BCUT2D eigenvalue weighted by atomic mass is 9.97. The molecule has 0 radical (unpaired) electrons. The lowest BCUT2D eigenvalue weighted by Crippen LogP contribution is -2.51. The van der Waals surface area contributed by atoms with Crippen LogP contribution in [0, 0.1) is 5.82 Å². The molecule has 1 atom stereocenters. The van der Waals surface area contributed by atoms with Crippen LogP contribution in [0.3, 0.4) is 0 Å². The molecule has 0 spiro atoms. The van der Waals surface area contributed by atoms with Crippen molar-refractivity contribution >= 4 is 0 Å².